The molecule has 1 unspecified atom stereocenters. The highest BCUT2D eigenvalue weighted by molar-refractivity contribution is 14.0. The number of rotatable bonds is 5. The van der Waals surface area contributed by atoms with Gasteiger partial charge in [-0.2, -0.15) is 11.8 Å². The van der Waals surface area contributed by atoms with E-state index in [-0.39, 0.29) is 24.0 Å². The second-order valence-electron chi connectivity index (χ2n) is 5.32. The molecular formula is C14H25IN4OS2. The zero-order chi connectivity index (χ0) is 15.3. The van der Waals surface area contributed by atoms with Gasteiger partial charge in [0.1, 0.15) is 5.01 Å². The Labute approximate surface area is 157 Å². The largest absolute Gasteiger partial charge is 0.387 e. The molecule has 1 aromatic rings. The van der Waals surface area contributed by atoms with Crippen molar-refractivity contribution in [3.8, 4) is 0 Å². The van der Waals surface area contributed by atoms with Gasteiger partial charge >= 0.3 is 0 Å². The van der Waals surface area contributed by atoms with Crippen LogP contribution >= 0.6 is 47.1 Å². The maximum atomic E-state index is 10.4. The molecule has 0 aromatic carbocycles. The highest BCUT2D eigenvalue weighted by atomic mass is 127. The van der Waals surface area contributed by atoms with E-state index < -0.39 is 5.60 Å². The van der Waals surface area contributed by atoms with E-state index in [1.54, 1.807) is 23.1 Å². The summed E-state index contributed by atoms with van der Waals surface area (Å²) < 4.78 is 0. The fourth-order valence-electron chi connectivity index (χ4n) is 2.08. The number of aryl methyl sites for hydroxylation is 2. The number of aromatic nitrogens is 1. The number of nitrogens with zero attached hydrogens (tertiary/aromatic N) is 2. The van der Waals surface area contributed by atoms with Crippen molar-refractivity contribution in [1.82, 2.24) is 15.6 Å². The predicted octanol–water partition coefficient (Wildman–Crippen LogP) is 2.30. The minimum atomic E-state index is -0.602. The van der Waals surface area contributed by atoms with Crippen LogP contribution in [0.15, 0.2) is 4.99 Å². The maximum Gasteiger partial charge on any atom is 0.191 e. The molecule has 2 rings (SSSR count). The normalized spacial score (nSPS) is 21.5. The highest BCUT2D eigenvalue weighted by Gasteiger charge is 2.31. The first-order valence-electron chi connectivity index (χ1n) is 7.27. The van der Waals surface area contributed by atoms with Crippen LogP contribution in [-0.2, 0) is 6.54 Å². The Kier molecular flexibility index (Phi) is 8.44. The first-order valence-corrected chi connectivity index (χ1v) is 9.25. The molecule has 5 nitrogen and oxygen atoms in total. The van der Waals surface area contributed by atoms with Crippen LogP contribution in [0.2, 0.25) is 0 Å². The first kappa shape index (κ1) is 20.0. The molecule has 0 saturated carbocycles. The van der Waals surface area contributed by atoms with Crippen molar-refractivity contribution in [3.05, 3.63) is 15.6 Å². The second-order valence-corrected chi connectivity index (χ2v) is 7.72. The monoisotopic (exact) mass is 456 g/mol. The first-order chi connectivity index (χ1) is 10.0. The number of halogens is 1. The fourth-order valence-corrected chi connectivity index (χ4v) is 4.23. The van der Waals surface area contributed by atoms with Gasteiger partial charge in [-0.3, -0.25) is 0 Å². The molecule has 126 valence electrons. The number of aliphatic hydroxyl groups is 1. The zero-order valence-electron chi connectivity index (χ0n) is 13.3. The van der Waals surface area contributed by atoms with Gasteiger partial charge in [-0.15, -0.1) is 35.3 Å². The Balaban J connectivity index is 0.00000242. The van der Waals surface area contributed by atoms with E-state index in [9.17, 15) is 5.11 Å². The summed E-state index contributed by atoms with van der Waals surface area (Å²) in [4.78, 5) is 10.3. The lowest BCUT2D eigenvalue weighted by Crippen LogP contribution is -2.47. The van der Waals surface area contributed by atoms with E-state index in [4.69, 9.17) is 0 Å². The van der Waals surface area contributed by atoms with Crippen LogP contribution in [0.3, 0.4) is 0 Å². The lowest BCUT2D eigenvalue weighted by atomic mass is 10.0. The van der Waals surface area contributed by atoms with Crippen molar-refractivity contribution in [3.63, 3.8) is 0 Å². The van der Waals surface area contributed by atoms with E-state index in [2.05, 4.69) is 27.5 Å². The number of thioether (sulfide) groups is 1. The van der Waals surface area contributed by atoms with Crippen LogP contribution in [0.1, 0.15) is 28.9 Å². The Morgan fingerprint density at radius 2 is 2.18 bits per heavy atom. The summed E-state index contributed by atoms with van der Waals surface area (Å²) in [6, 6.07) is 0. The summed E-state index contributed by atoms with van der Waals surface area (Å²) in [6.45, 7) is 8.06. The van der Waals surface area contributed by atoms with Crippen LogP contribution in [0, 0.1) is 13.8 Å². The Morgan fingerprint density at radius 1 is 1.41 bits per heavy atom. The molecule has 3 N–H and O–H groups in total. The van der Waals surface area contributed by atoms with E-state index in [0.717, 1.165) is 41.1 Å². The van der Waals surface area contributed by atoms with Gasteiger partial charge in [-0.25, -0.2) is 9.98 Å². The standard InChI is InChI=1S/C14H24N4OS2.HI/c1-4-15-13(17-8-14(19)5-6-20-9-14)16-7-12-18-10(2)11(3)21-12;/h19H,4-9H2,1-3H3,(H2,15,16,17);1H. The van der Waals surface area contributed by atoms with E-state index in [1.165, 1.54) is 4.88 Å². The minimum absolute atomic E-state index is 0. The van der Waals surface area contributed by atoms with Gasteiger partial charge in [-0.1, -0.05) is 0 Å². The molecular weight excluding hydrogens is 431 g/mol. The van der Waals surface area contributed by atoms with Crippen molar-refractivity contribution < 1.29 is 5.11 Å². The molecule has 0 radical (unpaired) electrons. The van der Waals surface area contributed by atoms with Gasteiger partial charge < -0.3 is 15.7 Å². The van der Waals surface area contributed by atoms with Gasteiger partial charge in [0.2, 0.25) is 0 Å². The summed E-state index contributed by atoms with van der Waals surface area (Å²) in [7, 11) is 0. The summed E-state index contributed by atoms with van der Waals surface area (Å²) in [5.74, 6) is 2.57. The van der Waals surface area contributed by atoms with E-state index in [0.29, 0.717) is 13.1 Å². The molecule has 1 atom stereocenters. The fraction of sp³-hybridized carbons (Fsp3) is 0.714. The van der Waals surface area contributed by atoms with Crippen LogP contribution in [0.25, 0.3) is 0 Å². The average Bonchev–Trinajstić information content (AvgIpc) is 3.01. The smallest absolute Gasteiger partial charge is 0.191 e. The number of guanidine groups is 1. The van der Waals surface area contributed by atoms with Crippen molar-refractivity contribution in [1.29, 1.82) is 0 Å². The summed E-state index contributed by atoms with van der Waals surface area (Å²) in [5.41, 5.74) is 0.482. The van der Waals surface area contributed by atoms with E-state index in [1.807, 2.05) is 13.8 Å². The predicted molar refractivity (Wildman–Crippen MR) is 107 cm³/mol. The van der Waals surface area contributed by atoms with Crippen LogP contribution in [0.4, 0.5) is 0 Å². The topological polar surface area (TPSA) is 69.5 Å². The molecule has 1 aliphatic heterocycles. The SMILES string of the molecule is CCNC(=NCc1nc(C)c(C)s1)NCC1(O)CCSC1.I. The molecule has 1 fully saturated rings. The van der Waals surface area contributed by atoms with Crippen molar-refractivity contribution in [2.24, 2.45) is 4.99 Å². The molecule has 0 bridgehead atoms. The van der Waals surface area contributed by atoms with Crippen molar-refractivity contribution in [2.75, 3.05) is 24.6 Å². The molecule has 1 saturated heterocycles. The summed E-state index contributed by atoms with van der Waals surface area (Å²) in [5, 5.41) is 17.8. The number of hydrogen-bond donors (Lipinski definition) is 3. The molecule has 0 spiro atoms. The van der Waals surface area contributed by atoms with Crippen molar-refractivity contribution in [2.45, 2.75) is 39.3 Å². The Morgan fingerprint density at radius 3 is 2.73 bits per heavy atom. The van der Waals surface area contributed by atoms with Gasteiger partial charge in [0, 0.05) is 23.7 Å². The van der Waals surface area contributed by atoms with Crippen molar-refractivity contribution >= 4 is 53.0 Å². The molecule has 0 aliphatic carbocycles. The molecule has 22 heavy (non-hydrogen) atoms. The third-order valence-corrected chi connectivity index (χ3v) is 5.75. The number of hydrogen-bond acceptors (Lipinski definition) is 5. The quantitative estimate of drug-likeness (QED) is 0.361. The Hall–Kier alpha value is -0.0600. The summed E-state index contributed by atoms with van der Waals surface area (Å²) in [6.07, 6.45) is 0.842. The number of thiazole rings is 1. The minimum Gasteiger partial charge on any atom is -0.387 e. The molecule has 0 amide bonds. The summed E-state index contributed by atoms with van der Waals surface area (Å²) >= 11 is 3.49. The second kappa shape index (κ2) is 9.29. The van der Waals surface area contributed by atoms with Gasteiger partial charge in [0.15, 0.2) is 5.96 Å². The average molecular weight is 456 g/mol. The molecule has 1 aliphatic rings. The van der Waals surface area contributed by atoms with Crippen LogP contribution < -0.4 is 10.6 Å². The lowest BCUT2D eigenvalue weighted by molar-refractivity contribution is 0.0724. The Bertz CT molecular complexity index is 482. The third kappa shape index (κ3) is 5.86. The molecule has 8 heteroatoms. The third-order valence-electron chi connectivity index (χ3n) is 3.46. The van der Waals surface area contributed by atoms with Gasteiger partial charge in [-0.05, 0) is 32.9 Å². The maximum absolute atomic E-state index is 10.4. The van der Waals surface area contributed by atoms with Crippen LogP contribution in [-0.4, -0.2) is 46.2 Å². The van der Waals surface area contributed by atoms with Gasteiger partial charge in [0.05, 0.1) is 17.8 Å². The molecule has 2 heterocycles. The van der Waals surface area contributed by atoms with Gasteiger partial charge in [0.25, 0.3) is 0 Å². The highest BCUT2D eigenvalue weighted by Crippen LogP contribution is 2.26. The lowest BCUT2D eigenvalue weighted by Gasteiger charge is -2.23. The number of nitrogens with one attached hydrogen (secondary N) is 2. The molecule has 1 aromatic heterocycles. The zero-order valence-corrected chi connectivity index (χ0v) is 17.3. The number of aliphatic imine (C=N–C) groups is 1. The van der Waals surface area contributed by atoms with Crippen LogP contribution in [0.5, 0.6) is 0 Å². The van der Waals surface area contributed by atoms with E-state index >= 15 is 0 Å².